The molecule has 0 saturated heterocycles. The number of hydrogen-bond acceptors (Lipinski definition) is 1. The molecule has 0 atom stereocenters. The summed E-state index contributed by atoms with van der Waals surface area (Å²) in [6.45, 7) is -1.07. The molecule has 66 valence electrons. The third-order valence-corrected chi connectivity index (χ3v) is 1.95. The van der Waals surface area contributed by atoms with Crippen molar-refractivity contribution >= 4 is 23.2 Å². The lowest BCUT2D eigenvalue weighted by Crippen LogP contribution is -1.92. The van der Waals surface area contributed by atoms with Gasteiger partial charge in [0.25, 0.3) is 0 Å². The predicted octanol–water partition coefficient (Wildman–Crippen LogP) is 3.44. The number of rotatable bonds is 2. The molecular weight excluding hydrogens is 209 g/mol. The predicted molar refractivity (Wildman–Crippen MR) is 43.0 cm³/mol. The van der Waals surface area contributed by atoms with Gasteiger partial charge in [-0.1, -0.05) is 23.2 Å². The van der Waals surface area contributed by atoms with Gasteiger partial charge in [-0.25, -0.2) is 8.78 Å². The van der Waals surface area contributed by atoms with Gasteiger partial charge < -0.3 is 4.74 Å². The monoisotopic (exact) mass is 212 g/mol. The molecule has 0 N–H and O–H groups in total. The fourth-order valence-electron chi connectivity index (χ4n) is 0.696. The lowest BCUT2D eigenvalue weighted by Gasteiger charge is -2.04. The summed E-state index contributed by atoms with van der Waals surface area (Å²) in [5, 5.41) is 0.0100. The molecule has 0 amide bonds. The first kappa shape index (κ1) is 9.55. The van der Waals surface area contributed by atoms with Crippen molar-refractivity contribution in [2.75, 3.05) is 6.86 Å². The van der Waals surface area contributed by atoms with Crippen LogP contribution in [-0.2, 0) is 0 Å². The number of halogens is 4. The summed E-state index contributed by atoms with van der Waals surface area (Å²) in [4.78, 5) is 0. The van der Waals surface area contributed by atoms with E-state index in [2.05, 4.69) is 4.74 Å². The maximum absolute atomic E-state index is 12.6. The van der Waals surface area contributed by atoms with Gasteiger partial charge in [0.1, 0.15) is 16.6 Å². The number of benzene rings is 1. The van der Waals surface area contributed by atoms with Gasteiger partial charge in [-0.3, -0.25) is 0 Å². The Bertz CT molecular complexity index is 291. The molecule has 5 heteroatoms. The molecule has 0 aliphatic carbocycles. The van der Waals surface area contributed by atoms with Crippen LogP contribution in [0.25, 0.3) is 0 Å². The van der Waals surface area contributed by atoms with Crippen molar-refractivity contribution in [3.63, 3.8) is 0 Å². The van der Waals surface area contributed by atoms with Gasteiger partial charge in [0.15, 0.2) is 0 Å². The average molecular weight is 213 g/mol. The van der Waals surface area contributed by atoms with Crippen LogP contribution in [0.15, 0.2) is 12.1 Å². The summed E-state index contributed by atoms with van der Waals surface area (Å²) < 4.78 is 28.6. The fraction of sp³-hybridized carbons (Fsp3) is 0.143. The minimum atomic E-state index is -1.07. The van der Waals surface area contributed by atoms with Gasteiger partial charge in [0.05, 0.1) is 5.02 Å². The Morgan fingerprint density at radius 2 is 2.00 bits per heavy atom. The van der Waals surface area contributed by atoms with Crippen LogP contribution in [0.2, 0.25) is 10.0 Å². The zero-order valence-corrected chi connectivity index (χ0v) is 7.29. The molecule has 12 heavy (non-hydrogen) atoms. The third-order valence-electron chi connectivity index (χ3n) is 1.17. The molecule has 0 spiro atoms. The van der Waals surface area contributed by atoms with Gasteiger partial charge in [-0.2, -0.15) is 0 Å². The highest BCUT2D eigenvalue weighted by molar-refractivity contribution is 6.42. The molecular formula is C7H4Cl2F2O. The van der Waals surface area contributed by atoms with E-state index in [1.165, 1.54) is 0 Å². The first-order valence-electron chi connectivity index (χ1n) is 2.98. The molecule has 0 heterocycles. The molecule has 0 fully saturated rings. The fourth-order valence-corrected chi connectivity index (χ4v) is 1.06. The maximum Gasteiger partial charge on any atom is 0.228 e. The minimum absolute atomic E-state index is 0.000108. The van der Waals surface area contributed by atoms with E-state index in [-0.39, 0.29) is 15.8 Å². The molecule has 0 saturated carbocycles. The number of alkyl halides is 1. The lowest BCUT2D eigenvalue weighted by molar-refractivity contribution is 0.191. The van der Waals surface area contributed by atoms with Crippen molar-refractivity contribution in [3.8, 4) is 5.75 Å². The largest absolute Gasteiger partial charge is 0.461 e. The second kappa shape index (κ2) is 3.92. The quantitative estimate of drug-likeness (QED) is 0.683. The second-order valence-electron chi connectivity index (χ2n) is 1.95. The lowest BCUT2D eigenvalue weighted by atomic mass is 10.3. The minimum Gasteiger partial charge on any atom is -0.461 e. The van der Waals surface area contributed by atoms with Crippen LogP contribution in [0.4, 0.5) is 8.78 Å². The Morgan fingerprint density at radius 1 is 1.33 bits per heavy atom. The molecule has 0 radical (unpaired) electrons. The normalized spacial score (nSPS) is 10.0. The Hall–Kier alpha value is -0.540. The summed E-state index contributed by atoms with van der Waals surface area (Å²) in [7, 11) is 0. The molecule has 1 aromatic carbocycles. The van der Waals surface area contributed by atoms with E-state index in [0.29, 0.717) is 0 Å². The molecule has 0 aliphatic rings. The topological polar surface area (TPSA) is 9.23 Å². The summed E-state index contributed by atoms with van der Waals surface area (Å²) in [5.41, 5.74) is 0. The van der Waals surface area contributed by atoms with Gasteiger partial charge >= 0.3 is 0 Å². The van der Waals surface area contributed by atoms with Crippen LogP contribution in [-0.4, -0.2) is 6.86 Å². The van der Waals surface area contributed by atoms with Crippen molar-refractivity contribution in [1.29, 1.82) is 0 Å². The van der Waals surface area contributed by atoms with Gasteiger partial charge in [0.2, 0.25) is 6.86 Å². The molecule has 0 aromatic heterocycles. The zero-order chi connectivity index (χ0) is 9.14. The SMILES string of the molecule is FCOc1cc(F)cc(Cl)c1Cl. The average Bonchev–Trinajstić information content (AvgIpc) is 2.00. The first-order chi connectivity index (χ1) is 5.65. The van der Waals surface area contributed by atoms with Crippen LogP contribution in [0.5, 0.6) is 5.75 Å². The van der Waals surface area contributed by atoms with E-state index in [4.69, 9.17) is 23.2 Å². The highest BCUT2D eigenvalue weighted by Gasteiger charge is 2.08. The van der Waals surface area contributed by atoms with E-state index in [0.717, 1.165) is 12.1 Å². The molecule has 1 rings (SSSR count). The van der Waals surface area contributed by atoms with Crippen molar-refractivity contribution < 1.29 is 13.5 Å². The van der Waals surface area contributed by atoms with E-state index >= 15 is 0 Å². The summed E-state index contributed by atoms with van der Waals surface area (Å²) >= 11 is 11.0. The Morgan fingerprint density at radius 3 is 2.58 bits per heavy atom. The standard InChI is InChI=1S/C7H4Cl2F2O/c8-5-1-4(11)2-6(7(5)9)12-3-10/h1-2H,3H2. The van der Waals surface area contributed by atoms with Crippen molar-refractivity contribution in [1.82, 2.24) is 0 Å². The van der Waals surface area contributed by atoms with Gasteiger partial charge in [-0.15, -0.1) is 0 Å². The maximum atomic E-state index is 12.6. The van der Waals surface area contributed by atoms with E-state index < -0.39 is 12.7 Å². The zero-order valence-electron chi connectivity index (χ0n) is 5.78. The van der Waals surface area contributed by atoms with Crippen LogP contribution in [0.3, 0.4) is 0 Å². The molecule has 1 nitrogen and oxygen atoms in total. The highest BCUT2D eigenvalue weighted by Crippen LogP contribution is 2.32. The van der Waals surface area contributed by atoms with Crippen molar-refractivity contribution in [2.24, 2.45) is 0 Å². The Labute approximate surface area is 77.8 Å². The van der Waals surface area contributed by atoms with Crippen LogP contribution in [0.1, 0.15) is 0 Å². The van der Waals surface area contributed by atoms with Crippen molar-refractivity contribution in [2.45, 2.75) is 0 Å². The van der Waals surface area contributed by atoms with Gasteiger partial charge in [0, 0.05) is 6.07 Å². The van der Waals surface area contributed by atoms with Crippen LogP contribution in [0, 0.1) is 5.82 Å². The highest BCUT2D eigenvalue weighted by atomic mass is 35.5. The smallest absolute Gasteiger partial charge is 0.228 e. The summed E-state index contributed by atoms with van der Waals surface area (Å²) in [6, 6.07) is 1.99. The molecule has 0 bridgehead atoms. The Balaban J connectivity index is 3.09. The van der Waals surface area contributed by atoms with E-state index in [9.17, 15) is 8.78 Å². The second-order valence-corrected chi connectivity index (χ2v) is 2.74. The van der Waals surface area contributed by atoms with E-state index in [1.807, 2.05) is 0 Å². The third kappa shape index (κ3) is 1.99. The summed E-state index contributed by atoms with van der Waals surface area (Å²) in [6.07, 6.45) is 0. The first-order valence-corrected chi connectivity index (χ1v) is 3.74. The Kier molecular flexibility index (Phi) is 3.12. The summed E-state index contributed by atoms with van der Waals surface area (Å²) in [5.74, 6) is -0.711. The molecule has 0 aliphatic heterocycles. The van der Waals surface area contributed by atoms with E-state index in [1.54, 1.807) is 0 Å². The number of hydrogen-bond donors (Lipinski definition) is 0. The van der Waals surface area contributed by atoms with Crippen LogP contribution < -0.4 is 4.74 Å². The molecule has 0 unspecified atom stereocenters. The number of ether oxygens (including phenoxy) is 1. The molecule has 1 aromatic rings. The van der Waals surface area contributed by atoms with Gasteiger partial charge in [-0.05, 0) is 6.07 Å². The van der Waals surface area contributed by atoms with Crippen LogP contribution >= 0.6 is 23.2 Å². The van der Waals surface area contributed by atoms with Crippen molar-refractivity contribution in [3.05, 3.63) is 28.0 Å².